The van der Waals surface area contributed by atoms with Crippen LogP contribution in [-0.4, -0.2) is 17.5 Å². The van der Waals surface area contributed by atoms with Gasteiger partial charge in [0.1, 0.15) is 5.56 Å². The smallest absolute Gasteiger partial charge is 0.257 e. The van der Waals surface area contributed by atoms with Gasteiger partial charge in [0.15, 0.2) is 0 Å². The van der Waals surface area contributed by atoms with Gasteiger partial charge < -0.3 is 10.1 Å². The minimum absolute atomic E-state index is 0.0814. The van der Waals surface area contributed by atoms with Gasteiger partial charge in [0.2, 0.25) is 5.88 Å². The number of carbonyl (C=O) groups excluding carboxylic acids is 1. The average Bonchev–Trinajstić information content (AvgIpc) is 2.50. The van der Waals surface area contributed by atoms with Crippen molar-refractivity contribution in [3.05, 3.63) is 58.8 Å². The van der Waals surface area contributed by atoms with Crippen molar-refractivity contribution >= 4 is 5.91 Å². The predicted molar refractivity (Wildman–Crippen MR) is 87.2 cm³/mol. The fourth-order valence-corrected chi connectivity index (χ4v) is 2.39. The molecule has 0 aliphatic heterocycles. The van der Waals surface area contributed by atoms with Crippen LogP contribution < -0.4 is 10.1 Å². The second kappa shape index (κ2) is 7.07. The summed E-state index contributed by atoms with van der Waals surface area (Å²) in [6.07, 6.45) is 1.62. The van der Waals surface area contributed by atoms with Gasteiger partial charge in [-0.15, -0.1) is 0 Å². The molecule has 1 aromatic carbocycles. The monoisotopic (exact) mass is 298 g/mol. The zero-order valence-electron chi connectivity index (χ0n) is 13.5. The van der Waals surface area contributed by atoms with Crippen LogP contribution in [0.3, 0.4) is 0 Å². The molecule has 0 bridgehead atoms. The molecule has 0 radical (unpaired) electrons. The molecule has 0 saturated heterocycles. The lowest BCUT2D eigenvalue weighted by atomic mass is 10.00. The van der Waals surface area contributed by atoms with Gasteiger partial charge in [-0.3, -0.25) is 4.79 Å². The molecule has 0 fully saturated rings. The zero-order chi connectivity index (χ0) is 16.1. The third kappa shape index (κ3) is 3.64. The van der Waals surface area contributed by atoms with Crippen LogP contribution in [-0.2, 0) is 0 Å². The Morgan fingerprint density at radius 1 is 1.32 bits per heavy atom. The predicted octanol–water partition coefficient (Wildman–Crippen LogP) is 3.59. The van der Waals surface area contributed by atoms with Crippen molar-refractivity contribution in [3.8, 4) is 5.88 Å². The van der Waals surface area contributed by atoms with Crippen molar-refractivity contribution in [2.45, 2.75) is 33.7 Å². The first-order chi connectivity index (χ1) is 10.5. The number of aromatic nitrogens is 1. The Morgan fingerprint density at radius 3 is 2.82 bits per heavy atom. The van der Waals surface area contributed by atoms with E-state index in [4.69, 9.17) is 4.74 Å². The number of rotatable bonds is 5. The molecular weight excluding hydrogens is 276 g/mol. The molecule has 1 N–H and O–H groups in total. The molecule has 0 aliphatic rings. The number of nitrogens with one attached hydrogen (secondary N) is 1. The van der Waals surface area contributed by atoms with Gasteiger partial charge in [-0.2, -0.15) is 0 Å². The van der Waals surface area contributed by atoms with Crippen molar-refractivity contribution in [3.63, 3.8) is 0 Å². The summed E-state index contributed by atoms with van der Waals surface area (Å²) in [6, 6.07) is 9.63. The molecule has 0 saturated carbocycles. The molecule has 0 spiro atoms. The van der Waals surface area contributed by atoms with E-state index in [9.17, 15) is 4.79 Å². The van der Waals surface area contributed by atoms with E-state index in [1.165, 1.54) is 5.56 Å². The molecule has 0 aliphatic carbocycles. The van der Waals surface area contributed by atoms with Gasteiger partial charge in [-0.05, 0) is 51.0 Å². The molecule has 2 aromatic rings. The number of hydrogen-bond donors (Lipinski definition) is 1. The summed E-state index contributed by atoms with van der Waals surface area (Å²) >= 11 is 0. The third-order valence-corrected chi connectivity index (χ3v) is 3.55. The fourth-order valence-electron chi connectivity index (χ4n) is 2.39. The van der Waals surface area contributed by atoms with Crippen molar-refractivity contribution in [2.24, 2.45) is 0 Å². The number of amides is 1. The average molecular weight is 298 g/mol. The highest BCUT2D eigenvalue weighted by molar-refractivity contribution is 5.96. The number of ether oxygens (including phenoxy) is 1. The van der Waals surface area contributed by atoms with Crippen molar-refractivity contribution in [1.82, 2.24) is 10.3 Å². The lowest BCUT2D eigenvalue weighted by Crippen LogP contribution is -2.27. The highest BCUT2D eigenvalue weighted by Crippen LogP contribution is 2.21. The Kier molecular flexibility index (Phi) is 5.15. The molecule has 1 aromatic heterocycles. The van der Waals surface area contributed by atoms with Gasteiger partial charge in [-0.1, -0.05) is 23.8 Å². The number of benzene rings is 1. The van der Waals surface area contributed by atoms with E-state index in [-0.39, 0.29) is 11.9 Å². The third-order valence-electron chi connectivity index (χ3n) is 3.55. The van der Waals surface area contributed by atoms with Crippen LogP contribution in [0.15, 0.2) is 36.5 Å². The maximum atomic E-state index is 12.5. The van der Waals surface area contributed by atoms with E-state index < -0.39 is 0 Å². The van der Waals surface area contributed by atoms with Crippen molar-refractivity contribution in [1.29, 1.82) is 0 Å². The van der Waals surface area contributed by atoms with E-state index in [2.05, 4.69) is 28.5 Å². The summed E-state index contributed by atoms with van der Waals surface area (Å²) < 4.78 is 5.42. The number of carbonyl (C=O) groups is 1. The molecule has 4 heteroatoms. The maximum absolute atomic E-state index is 12.5. The molecule has 1 atom stereocenters. The van der Waals surface area contributed by atoms with Gasteiger partial charge >= 0.3 is 0 Å². The number of aryl methyl sites for hydroxylation is 2. The summed E-state index contributed by atoms with van der Waals surface area (Å²) in [5, 5.41) is 3.02. The molecule has 22 heavy (non-hydrogen) atoms. The van der Waals surface area contributed by atoms with Crippen LogP contribution in [0.4, 0.5) is 0 Å². The highest BCUT2D eigenvalue weighted by Gasteiger charge is 2.17. The van der Waals surface area contributed by atoms with E-state index in [1.54, 1.807) is 18.3 Å². The summed E-state index contributed by atoms with van der Waals surface area (Å²) in [6.45, 7) is 8.42. The van der Waals surface area contributed by atoms with Crippen LogP contribution in [0.2, 0.25) is 0 Å². The molecule has 2 rings (SSSR count). The second-order valence-electron chi connectivity index (χ2n) is 5.34. The lowest BCUT2D eigenvalue weighted by molar-refractivity contribution is 0.0935. The highest BCUT2D eigenvalue weighted by atomic mass is 16.5. The molecular formula is C18H22N2O2. The number of nitrogens with zero attached hydrogens (tertiary/aromatic N) is 1. The van der Waals surface area contributed by atoms with Gasteiger partial charge in [0.05, 0.1) is 12.6 Å². The van der Waals surface area contributed by atoms with Gasteiger partial charge in [0, 0.05) is 6.20 Å². The van der Waals surface area contributed by atoms with E-state index in [0.717, 1.165) is 11.1 Å². The van der Waals surface area contributed by atoms with Crippen LogP contribution >= 0.6 is 0 Å². The second-order valence-corrected chi connectivity index (χ2v) is 5.34. The standard InChI is InChI=1S/C18H22N2O2/c1-5-22-18-15(7-6-10-19-18)17(21)20-14(4)16-11-12(2)8-9-13(16)3/h6-11,14H,5H2,1-4H3,(H,20,21). The number of hydrogen-bond acceptors (Lipinski definition) is 3. The normalized spacial score (nSPS) is 11.8. The molecule has 1 unspecified atom stereocenters. The first-order valence-corrected chi connectivity index (χ1v) is 7.48. The quantitative estimate of drug-likeness (QED) is 0.917. The van der Waals surface area contributed by atoms with Gasteiger partial charge in [-0.25, -0.2) is 4.98 Å². The summed E-state index contributed by atoms with van der Waals surface area (Å²) in [7, 11) is 0. The fraction of sp³-hybridized carbons (Fsp3) is 0.333. The van der Waals surface area contributed by atoms with E-state index in [0.29, 0.717) is 18.1 Å². The van der Waals surface area contributed by atoms with Crippen molar-refractivity contribution in [2.75, 3.05) is 6.61 Å². The van der Waals surface area contributed by atoms with Crippen LogP contribution in [0.25, 0.3) is 0 Å². The Balaban J connectivity index is 2.20. The molecule has 116 valence electrons. The minimum Gasteiger partial charge on any atom is -0.477 e. The van der Waals surface area contributed by atoms with Crippen LogP contribution in [0.5, 0.6) is 5.88 Å². The SMILES string of the molecule is CCOc1ncccc1C(=O)NC(C)c1cc(C)ccc1C. The Labute approximate surface area is 131 Å². The van der Waals surface area contributed by atoms with Crippen LogP contribution in [0.1, 0.15) is 46.9 Å². The molecule has 1 amide bonds. The molecule has 1 heterocycles. The topological polar surface area (TPSA) is 51.2 Å². The minimum atomic E-state index is -0.176. The first kappa shape index (κ1) is 16.0. The van der Waals surface area contributed by atoms with E-state index >= 15 is 0 Å². The summed E-state index contributed by atoms with van der Waals surface area (Å²) in [5.41, 5.74) is 3.92. The molecule has 4 nitrogen and oxygen atoms in total. The Hall–Kier alpha value is -2.36. The summed E-state index contributed by atoms with van der Waals surface area (Å²) in [4.78, 5) is 16.6. The largest absolute Gasteiger partial charge is 0.477 e. The zero-order valence-corrected chi connectivity index (χ0v) is 13.5. The Morgan fingerprint density at radius 2 is 2.09 bits per heavy atom. The first-order valence-electron chi connectivity index (χ1n) is 7.48. The maximum Gasteiger partial charge on any atom is 0.257 e. The number of pyridine rings is 1. The Bertz CT molecular complexity index is 668. The van der Waals surface area contributed by atoms with Crippen LogP contribution in [0, 0.1) is 13.8 Å². The van der Waals surface area contributed by atoms with Crippen molar-refractivity contribution < 1.29 is 9.53 Å². The van der Waals surface area contributed by atoms with E-state index in [1.807, 2.05) is 27.7 Å². The van der Waals surface area contributed by atoms with Gasteiger partial charge in [0.25, 0.3) is 5.91 Å². The summed E-state index contributed by atoms with van der Waals surface area (Å²) in [5.74, 6) is 0.195. The lowest BCUT2D eigenvalue weighted by Gasteiger charge is -2.18.